The van der Waals surface area contributed by atoms with E-state index < -0.39 is 0 Å². The van der Waals surface area contributed by atoms with Crippen LogP contribution in [0.4, 0.5) is 0 Å². The van der Waals surface area contributed by atoms with Crippen LogP contribution in [0.25, 0.3) is 0 Å². The van der Waals surface area contributed by atoms with Gasteiger partial charge in [-0.15, -0.1) is 0 Å². The largest absolute Gasteiger partial charge is 0.507 e. The lowest BCUT2D eigenvalue weighted by atomic mass is 9.79. The fourth-order valence-electron chi connectivity index (χ4n) is 3.93. The van der Waals surface area contributed by atoms with Crippen molar-refractivity contribution in [3.8, 4) is 11.8 Å². The molecule has 27 heavy (non-hydrogen) atoms. The van der Waals surface area contributed by atoms with Crippen molar-refractivity contribution in [1.82, 2.24) is 10.2 Å². The molecule has 144 valence electrons. The van der Waals surface area contributed by atoms with Crippen LogP contribution in [-0.2, 0) is 0 Å². The summed E-state index contributed by atoms with van der Waals surface area (Å²) in [5.74, 6) is 0.263. The number of phenolic OH excluding ortho intramolecular Hbond substituents is 1. The number of hydrogen-bond acceptors (Lipinski definition) is 5. The number of hydrogen-bond donors (Lipinski definition) is 4. The average molecular weight is 367 g/mol. The topological polar surface area (TPSA) is 107 Å². The van der Waals surface area contributed by atoms with E-state index in [1.54, 1.807) is 6.08 Å². The summed E-state index contributed by atoms with van der Waals surface area (Å²) >= 11 is 0. The number of piperidine rings is 1. The lowest BCUT2D eigenvalue weighted by Crippen LogP contribution is -2.62. The molecule has 0 atom stereocenters. The molecule has 1 aliphatic rings. The van der Waals surface area contributed by atoms with Gasteiger partial charge in [0.1, 0.15) is 11.6 Å². The average Bonchev–Trinajstić information content (AvgIpc) is 2.56. The van der Waals surface area contributed by atoms with Gasteiger partial charge in [-0.25, -0.2) is 0 Å². The number of rotatable bonds is 4. The minimum atomic E-state index is -0.0506. The third kappa shape index (κ3) is 5.18. The highest BCUT2D eigenvalue weighted by Crippen LogP contribution is 2.31. The van der Waals surface area contributed by atoms with E-state index in [4.69, 9.17) is 16.1 Å². The normalized spacial score (nSPS) is 18.8. The van der Waals surface area contributed by atoms with Crippen LogP contribution in [0.3, 0.4) is 0 Å². The molecule has 2 rings (SSSR count). The molecule has 0 bridgehead atoms. The van der Waals surface area contributed by atoms with Crippen molar-refractivity contribution in [3.05, 3.63) is 41.5 Å². The lowest BCUT2D eigenvalue weighted by Gasteiger charge is -2.49. The minimum absolute atomic E-state index is 0.0130. The quantitative estimate of drug-likeness (QED) is 0.483. The first-order valence-electron chi connectivity index (χ1n) is 9.05. The second-order valence-electron chi connectivity index (χ2n) is 8.54. The number of nitrogens with zero attached hydrogens (tertiary/aromatic N) is 2. The van der Waals surface area contributed by atoms with Gasteiger partial charge in [0, 0.05) is 29.7 Å². The summed E-state index contributed by atoms with van der Waals surface area (Å²) in [5.41, 5.74) is 0.702. The van der Waals surface area contributed by atoms with Crippen molar-refractivity contribution < 1.29 is 5.11 Å². The number of aromatic hydroxyl groups is 1. The molecule has 0 radical (unpaired) electrons. The molecule has 1 heterocycles. The van der Waals surface area contributed by atoms with Gasteiger partial charge in [0.05, 0.1) is 17.3 Å². The molecule has 1 aromatic rings. The van der Waals surface area contributed by atoms with Gasteiger partial charge in [0.2, 0.25) is 0 Å². The molecule has 0 saturated carbocycles. The van der Waals surface area contributed by atoms with Gasteiger partial charge in [-0.1, -0.05) is 0 Å². The van der Waals surface area contributed by atoms with Crippen LogP contribution in [0, 0.1) is 22.1 Å². The zero-order valence-corrected chi connectivity index (χ0v) is 16.7. The van der Waals surface area contributed by atoms with Crippen LogP contribution in [0.1, 0.15) is 51.7 Å². The molecule has 1 aliphatic heterocycles. The molecule has 0 spiro atoms. The van der Waals surface area contributed by atoms with E-state index in [1.165, 1.54) is 24.3 Å². The molecule has 0 aromatic heterocycles. The highest BCUT2D eigenvalue weighted by atomic mass is 16.3. The Morgan fingerprint density at radius 3 is 2.37 bits per heavy atom. The zero-order chi connectivity index (χ0) is 20.4. The number of nitrogens with one attached hydrogen (secondary N) is 3. The van der Waals surface area contributed by atoms with E-state index >= 15 is 0 Å². The van der Waals surface area contributed by atoms with Gasteiger partial charge < -0.3 is 20.7 Å². The summed E-state index contributed by atoms with van der Waals surface area (Å²) in [5, 5.41) is 39.1. The van der Waals surface area contributed by atoms with Crippen molar-refractivity contribution in [2.24, 2.45) is 0 Å². The molecule has 0 aliphatic carbocycles. The second kappa shape index (κ2) is 7.53. The fraction of sp³-hybridized carbons (Fsp3) is 0.476. The first kappa shape index (κ1) is 20.7. The van der Waals surface area contributed by atoms with Gasteiger partial charge in [0.25, 0.3) is 0 Å². The number of benzene rings is 1. The molecular weight excluding hydrogens is 338 g/mol. The Kier molecular flexibility index (Phi) is 5.76. The van der Waals surface area contributed by atoms with E-state index in [0.29, 0.717) is 11.4 Å². The number of likely N-dealkylation sites (N-methyl/N-ethyl adjacent to an activating group) is 1. The van der Waals surface area contributed by atoms with Gasteiger partial charge in [-0.2, -0.15) is 5.26 Å². The standard InChI is InChI=1S/C21H29N5O/c1-20(2)11-15(12-21(3,4)25-20)26(5)19(24)9-7-17(23)16-10-14(13-22)6-8-18(16)27/h6-10,15,23-25,27H,11-12H2,1-5H3/b9-7-,23-17?,24-19?. The Labute approximate surface area is 161 Å². The molecule has 0 amide bonds. The van der Waals surface area contributed by atoms with Crippen LogP contribution < -0.4 is 5.32 Å². The van der Waals surface area contributed by atoms with Crippen molar-refractivity contribution in [2.75, 3.05) is 7.05 Å². The van der Waals surface area contributed by atoms with E-state index in [9.17, 15) is 5.11 Å². The van der Waals surface area contributed by atoms with Crippen molar-refractivity contribution in [3.63, 3.8) is 0 Å². The second-order valence-corrected chi connectivity index (χ2v) is 8.54. The highest BCUT2D eigenvalue weighted by molar-refractivity contribution is 6.11. The van der Waals surface area contributed by atoms with Crippen LogP contribution in [0.15, 0.2) is 30.4 Å². The monoisotopic (exact) mass is 367 g/mol. The molecule has 4 N–H and O–H groups in total. The summed E-state index contributed by atoms with van der Waals surface area (Å²) in [4.78, 5) is 1.94. The van der Waals surface area contributed by atoms with Crippen LogP contribution in [0.2, 0.25) is 0 Å². The first-order valence-corrected chi connectivity index (χ1v) is 9.05. The minimum Gasteiger partial charge on any atom is -0.507 e. The predicted molar refractivity (Wildman–Crippen MR) is 109 cm³/mol. The van der Waals surface area contributed by atoms with Gasteiger partial charge in [0.15, 0.2) is 0 Å². The fourth-order valence-corrected chi connectivity index (χ4v) is 3.93. The third-order valence-electron chi connectivity index (χ3n) is 4.92. The molecule has 6 heteroatoms. The van der Waals surface area contributed by atoms with Crippen LogP contribution >= 0.6 is 0 Å². The lowest BCUT2D eigenvalue weighted by molar-refractivity contribution is 0.114. The van der Waals surface area contributed by atoms with E-state index in [1.807, 2.05) is 18.0 Å². The highest BCUT2D eigenvalue weighted by Gasteiger charge is 2.39. The molecule has 1 saturated heterocycles. The number of amidine groups is 1. The Bertz CT molecular complexity index is 800. The van der Waals surface area contributed by atoms with Gasteiger partial charge >= 0.3 is 0 Å². The number of nitriles is 1. The summed E-state index contributed by atoms with van der Waals surface area (Å²) in [7, 11) is 1.91. The van der Waals surface area contributed by atoms with Crippen molar-refractivity contribution in [2.45, 2.75) is 57.7 Å². The summed E-state index contributed by atoms with van der Waals surface area (Å²) in [6, 6.07) is 6.62. The Morgan fingerprint density at radius 2 is 1.81 bits per heavy atom. The maximum absolute atomic E-state index is 9.94. The summed E-state index contributed by atoms with van der Waals surface area (Å²) < 4.78 is 0. The molecule has 1 aromatic carbocycles. The maximum Gasteiger partial charge on any atom is 0.125 e. The molecule has 1 fully saturated rings. The molecular formula is C21H29N5O. The van der Waals surface area contributed by atoms with Gasteiger partial charge in [-0.3, -0.25) is 5.41 Å². The van der Waals surface area contributed by atoms with E-state index in [-0.39, 0.29) is 34.1 Å². The van der Waals surface area contributed by atoms with Crippen LogP contribution in [-0.4, -0.2) is 45.7 Å². The Balaban J connectivity index is 2.12. The van der Waals surface area contributed by atoms with Crippen LogP contribution in [0.5, 0.6) is 5.75 Å². The smallest absolute Gasteiger partial charge is 0.125 e. The molecule has 0 unspecified atom stereocenters. The van der Waals surface area contributed by atoms with Crippen molar-refractivity contribution >= 4 is 11.5 Å². The van der Waals surface area contributed by atoms with Crippen molar-refractivity contribution in [1.29, 1.82) is 16.1 Å². The SMILES string of the molecule is CN(C(=N)/C=C\C(=N)c1cc(C#N)ccc1O)C1CC(C)(C)NC(C)(C)C1. The summed E-state index contributed by atoms with van der Waals surface area (Å²) in [6.07, 6.45) is 4.91. The number of phenols is 1. The first-order chi connectivity index (χ1) is 12.4. The zero-order valence-electron chi connectivity index (χ0n) is 16.7. The van der Waals surface area contributed by atoms with E-state index in [0.717, 1.165) is 12.8 Å². The Morgan fingerprint density at radius 1 is 1.22 bits per heavy atom. The Hall–Kier alpha value is -2.65. The predicted octanol–water partition coefficient (Wildman–Crippen LogP) is 3.41. The number of allylic oxidation sites excluding steroid dienone is 1. The summed E-state index contributed by atoms with van der Waals surface area (Å²) in [6.45, 7) is 8.70. The maximum atomic E-state index is 9.94. The van der Waals surface area contributed by atoms with Gasteiger partial charge in [-0.05, 0) is 70.9 Å². The molecule has 6 nitrogen and oxygen atoms in total. The third-order valence-corrected chi connectivity index (χ3v) is 4.92. The van der Waals surface area contributed by atoms with E-state index in [2.05, 4.69) is 33.0 Å².